The number of unbranched alkanes of at least 4 members (excludes halogenated alkanes) is 1. The van der Waals surface area contributed by atoms with Crippen molar-refractivity contribution in [2.75, 3.05) is 11.3 Å². The zero-order valence-electron chi connectivity index (χ0n) is 19.9. The molecule has 190 valence electrons. The van der Waals surface area contributed by atoms with Crippen molar-refractivity contribution in [1.82, 2.24) is 10.5 Å². The molecule has 0 saturated carbocycles. The van der Waals surface area contributed by atoms with E-state index in [0.717, 1.165) is 53.2 Å². The maximum atomic E-state index is 13.3. The van der Waals surface area contributed by atoms with Crippen molar-refractivity contribution in [2.45, 2.75) is 30.7 Å². The number of aromatic nitrogens is 1. The molecule has 37 heavy (non-hydrogen) atoms. The van der Waals surface area contributed by atoms with Crippen LogP contribution in [-0.4, -0.2) is 20.1 Å². The summed E-state index contributed by atoms with van der Waals surface area (Å²) in [5.41, 5.74) is 2.78. The molecule has 0 spiro atoms. The van der Waals surface area contributed by atoms with Crippen LogP contribution in [0.3, 0.4) is 0 Å². The van der Waals surface area contributed by atoms with E-state index in [-0.39, 0.29) is 10.7 Å². The van der Waals surface area contributed by atoms with Gasteiger partial charge in [-0.05, 0) is 90.7 Å². The second-order valence-corrected chi connectivity index (χ2v) is 11.0. The van der Waals surface area contributed by atoms with Gasteiger partial charge in [-0.1, -0.05) is 41.0 Å². The SMILES string of the molecule is O=S(=O)(Nc1cccc(CNCCCCc2noc3cc(F)ccc23)c1)c1ccc2cc(Cl)ccc2c1. The molecule has 6 nitrogen and oxygen atoms in total. The average molecular weight is 538 g/mol. The topological polar surface area (TPSA) is 84.2 Å². The Morgan fingerprint density at radius 2 is 1.76 bits per heavy atom. The summed E-state index contributed by atoms with van der Waals surface area (Å²) in [5, 5.41) is 10.6. The van der Waals surface area contributed by atoms with E-state index >= 15 is 0 Å². The van der Waals surface area contributed by atoms with Gasteiger partial charge in [-0.15, -0.1) is 0 Å². The minimum Gasteiger partial charge on any atom is -0.356 e. The Morgan fingerprint density at radius 3 is 2.65 bits per heavy atom. The van der Waals surface area contributed by atoms with Gasteiger partial charge in [0.2, 0.25) is 0 Å². The standard InChI is InChI=1S/C28H25ClFN3O3S/c29-22-9-7-21-16-25(11-8-20(21)15-22)37(34,35)33-24-5-3-4-19(14-24)18-31-13-2-1-6-27-26-12-10-23(30)17-28(26)36-32-27/h3-5,7-12,14-17,31,33H,1-2,6,13,18H2. The van der Waals surface area contributed by atoms with E-state index in [9.17, 15) is 12.8 Å². The van der Waals surface area contributed by atoms with Crippen LogP contribution in [0.15, 0.2) is 88.3 Å². The maximum Gasteiger partial charge on any atom is 0.261 e. The van der Waals surface area contributed by atoms with Gasteiger partial charge in [-0.25, -0.2) is 12.8 Å². The van der Waals surface area contributed by atoms with E-state index in [2.05, 4.69) is 15.2 Å². The lowest BCUT2D eigenvalue weighted by Gasteiger charge is -2.11. The van der Waals surface area contributed by atoms with Crippen molar-refractivity contribution < 1.29 is 17.3 Å². The third kappa shape index (κ3) is 6.10. The Balaban J connectivity index is 1.12. The molecule has 0 aliphatic rings. The molecule has 0 unspecified atom stereocenters. The summed E-state index contributed by atoms with van der Waals surface area (Å²) in [6.45, 7) is 1.40. The number of hydrogen-bond acceptors (Lipinski definition) is 5. The Morgan fingerprint density at radius 1 is 0.919 bits per heavy atom. The van der Waals surface area contributed by atoms with Crippen LogP contribution >= 0.6 is 11.6 Å². The lowest BCUT2D eigenvalue weighted by Crippen LogP contribution is -2.16. The Labute approximate surface area is 219 Å². The number of sulfonamides is 1. The smallest absolute Gasteiger partial charge is 0.261 e. The molecule has 2 N–H and O–H groups in total. The number of nitrogens with zero attached hydrogens (tertiary/aromatic N) is 1. The molecule has 0 atom stereocenters. The largest absolute Gasteiger partial charge is 0.356 e. The van der Waals surface area contributed by atoms with Crippen LogP contribution in [0.25, 0.3) is 21.7 Å². The third-order valence-electron chi connectivity index (χ3n) is 6.12. The first kappa shape index (κ1) is 25.2. The first-order valence-corrected chi connectivity index (χ1v) is 13.8. The van der Waals surface area contributed by atoms with Gasteiger partial charge in [-0.3, -0.25) is 4.72 Å². The summed E-state index contributed by atoms with van der Waals surface area (Å²) in [6.07, 6.45) is 2.58. The second-order valence-electron chi connectivity index (χ2n) is 8.86. The Hall–Kier alpha value is -3.46. The monoisotopic (exact) mass is 537 g/mol. The molecule has 0 amide bonds. The van der Waals surface area contributed by atoms with Crippen LogP contribution in [0.2, 0.25) is 5.02 Å². The van der Waals surface area contributed by atoms with Gasteiger partial charge in [0.25, 0.3) is 10.0 Å². The summed E-state index contributed by atoms with van der Waals surface area (Å²) in [5.74, 6) is -0.337. The van der Waals surface area contributed by atoms with Crippen molar-refractivity contribution in [1.29, 1.82) is 0 Å². The number of rotatable bonds is 10. The molecular formula is C28H25ClFN3O3S. The van der Waals surface area contributed by atoms with Crippen molar-refractivity contribution in [3.8, 4) is 0 Å². The fourth-order valence-electron chi connectivity index (χ4n) is 4.24. The lowest BCUT2D eigenvalue weighted by molar-refractivity contribution is 0.442. The van der Waals surface area contributed by atoms with E-state index in [4.69, 9.17) is 16.1 Å². The zero-order chi connectivity index (χ0) is 25.8. The highest BCUT2D eigenvalue weighted by molar-refractivity contribution is 7.92. The summed E-state index contributed by atoms with van der Waals surface area (Å²) in [7, 11) is -3.74. The second kappa shape index (κ2) is 10.9. The van der Waals surface area contributed by atoms with Crippen LogP contribution < -0.4 is 10.0 Å². The van der Waals surface area contributed by atoms with E-state index < -0.39 is 10.0 Å². The Kier molecular flexibility index (Phi) is 7.41. The molecule has 0 radical (unpaired) electrons. The highest BCUT2D eigenvalue weighted by Crippen LogP contribution is 2.25. The van der Waals surface area contributed by atoms with Crippen LogP contribution in [0, 0.1) is 5.82 Å². The quantitative estimate of drug-likeness (QED) is 0.194. The maximum absolute atomic E-state index is 13.3. The van der Waals surface area contributed by atoms with Gasteiger partial charge >= 0.3 is 0 Å². The number of fused-ring (bicyclic) bond motifs is 2. The molecule has 9 heteroatoms. The van der Waals surface area contributed by atoms with Crippen molar-refractivity contribution in [3.63, 3.8) is 0 Å². The predicted octanol–water partition coefficient (Wildman–Crippen LogP) is 6.69. The van der Waals surface area contributed by atoms with E-state index in [1.54, 1.807) is 48.5 Å². The first-order valence-electron chi connectivity index (χ1n) is 11.9. The average Bonchev–Trinajstić information content (AvgIpc) is 3.27. The molecule has 0 aliphatic heterocycles. The molecule has 1 heterocycles. The Bertz CT molecular complexity index is 1670. The van der Waals surface area contributed by atoms with E-state index in [1.165, 1.54) is 12.1 Å². The number of halogens is 2. The zero-order valence-corrected chi connectivity index (χ0v) is 21.4. The van der Waals surface area contributed by atoms with Crippen LogP contribution in [-0.2, 0) is 23.0 Å². The molecular weight excluding hydrogens is 513 g/mol. The summed E-state index contributed by atoms with van der Waals surface area (Å²) >= 11 is 6.02. The fraction of sp³-hybridized carbons (Fsp3) is 0.179. The molecule has 5 rings (SSSR count). The number of benzene rings is 4. The first-order chi connectivity index (χ1) is 17.9. The molecule has 1 aromatic heterocycles. The molecule has 0 fully saturated rings. The number of nitrogens with one attached hydrogen (secondary N) is 2. The van der Waals surface area contributed by atoms with Gasteiger partial charge in [-0.2, -0.15) is 0 Å². The van der Waals surface area contributed by atoms with Crippen molar-refractivity contribution in [3.05, 3.63) is 101 Å². The highest BCUT2D eigenvalue weighted by Gasteiger charge is 2.15. The summed E-state index contributed by atoms with van der Waals surface area (Å²) < 4.78 is 47.1. The summed E-state index contributed by atoms with van der Waals surface area (Å²) in [4.78, 5) is 0.191. The third-order valence-corrected chi connectivity index (χ3v) is 7.73. The predicted molar refractivity (Wildman–Crippen MR) is 145 cm³/mol. The van der Waals surface area contributed by atoms with Crippen LogP contribution in [0.5, 0.6) is 0 Å². The van der Waals surface area contributed by atoms with E-state index in [0.29, 0.717) is 22.8 Å². The fourth-order valence-corrected chi connectivity index (χ4v) is 5.50. The molecule has 5 aromatic rings. The lowest BCUT2D eigenvalue weighted by atomic mass is 10.1. The normalized spacial score (nSPS) is 11.8. The van der Waals surface area contributed by atoms with Gasteiger partial charge in [0.15, 0.2) is 5.58 Å². The summed E-state index contributed by atoms with van der Waals surface area (Å²) in [6, 6.07) is 22.1. The van der Waals surface area contributed by atoms with Gasteiger partial charge < -0.3 is 9.84 Å². The van der Waals surface area contributed by atoms with Crippen molar-refractivity contribution in [2.24, 2.45) is 0 Å². The highest BCUT2D eigenvalue weighted by atomic mass is 35.5. The van der Waals surface area contributed by atoms with Gasteiger partial charge in [0.05, 0.1) is 10.6 Å². The molecule has 0 bridgehead atoms. The van der Waals surface area contributed by atoms with Crippen molar-refractivity contribution >= 4 is 49.1 Å². The number of aryl methyl sites for hydroxylation is 1. The number of anilines is 1. The number of hydrogen-bond donors (Lipinski definition) is 2. The molecule has 4 aromatic carbocycles. The van der Waals surface area contributed by atoms with E-state index in [1.807, 2.05) is 18.2 Å². The minimum absolute atomic E-state index is 0.191. The molecule has 0 saturated heterocycles. The molecule has 0 aliphatic carbocycles. The van der Waals surface area contributed by atoms with Crippen LogP contribution in [0.1, 0.15) is 24.1 Å². The minimum atomic E-state index is -3.74. The van der Waals surface area contributed by atoms with Crippen LogP contribution in [0.4, 0.5) is 10.1 Å². The van der Waals surface area contributed by atoms with Gasteiger partial charge in [0, 0.05) is 28.7 Å². The van der Waals surface area contributed by atoms with Gasteiger partial charge in [0.1, 0.15) is 5.82 Å².